The average Bonchev–Trinajstić information content (AvgIpc) is 2.16. The van der Waals surface area contributed by atoms with Gasteiger partial charge in [-0.15, -0.1) is 0 Å². The van der Waals surface area contributed by atoms with Crippen LogP contribution in [0.25, 0.3) is 5.76 Å². The molecule has 0 fully saturated rings. The molecular formula is C9H10N2O2. The lowest BCUT2D eigenvalue weighted by molar-refractivity contribution is 0.396. The van der Waals surface area contributed by atoms with Gasteiger partial charge in [-0.25, -0.2) is 4.98 Å². The van der Waals surface area contributed by atoms with Crippen LogP contribution in [0.5, 0.6) is 5.88 Å². The third-order valence-corrected chi connectivity index (χ3v) is 1.50. The standard InChI is InChI=1S/C9H10N2O2/c1-6(12)9-7(10-2)4-5-8(11-9)13-3/h4-5,12H,1-2H2,3H3. The Bertz CT molecular complexity index is 347. The summed E-state index contributed by atoms with van der Waals surface area (Å²) >= 11 is 0. The van der Waals surface area contributed by atoms with Crippen LogP contribution in [0.2, 0.25) is 0 Å². The highest BCUT2D eigenvalue weighted by molar-refractivity contribution is 5.67. The van der Waals surface area contributed by atoms with Gasteiger partial charge in [0, 0.05) is 6.07 Å². The number of aromatic nitrogens is 1. The Balaban J connectivity index is 3.25. The van der Waals surface area contributed by atoms with Crippen LogP contribution in [0.3, 0.4) is 0 Å². The van der Waals surface area contributed by atoms with Crippen molar-refractivity contribution >= 4 is 18.2 Å². The number of aliphatic imine (C=N–C) groups is 1. The smallest absolute Gasteiger partial charge is 0.213 e. The first-order chi connectivity index (χ1) is 6.19. The summed E-state index contributed by atoms with van der Waals surface area (Å²) < 4.78 is 4.88. The van der Waals surface area contributed by atoms with Gasteiger partial charge in [-0.2, -0.15) is 0 Å². The molecule has 1 aromatic heterocycles. The quantitative estimate of drug-likeness (QED) is 0.568. The van der Waals surface area contributed by atoms with E-state index in [2.05, 4.69) is 23.3 Å². The van der Waals surface area contributed by atoms with Crippen LogP contribution >= 0.6 is 0 Å². The molecule has 13 heavy (non-hydrogen) atoms. The molecule has 68 valence electrons. The van der Waals surface area contributed by atoms with Crippen molar-refractivity contribution in [2.45, 2.75) is 0 Å². The summed E-state index contributed by atoms with van der Waals surface area (Å²) in [6.45, 7) is 6.71. The first kappa shape index (κ1) is 9.25. The lowest BCUT2D eigenvalue weighted by Crippen LogP contribution is -1.92. The van der Waals surface area contributed by atoms with Gasteiger partial charge in [-0.3, -0.25) is 4.99 Å². The molecule has 0 radical (unpaired) electrons. The van der Waals surface area contributed by atoms with Gasteiger partial charge in [0.15, 0.2) is 0 Å². The molecule has 0 saturated heterocycles. The Morgan fingerprint density at radius 3 is 2.77 bits per heavy atom. The molecule has 0 aliphatic heterocycles. The van der Waals surface area contributed by atoms with Crippen molar-refractivity contribution in [3.05, 3.63) is 24.4 Å². The van der Waals surface area contributed by atoms with Crippen LogP contribution in [-0.2, 0) is 0 Å². The van der Waals surface area contributed by atoms with Gasteiger partial charge in [-0.1, -0.05) is 6.58 Å². The summed E-state index contributed by atoms with van der Waals surface area (Å²) in [5.41, 5.74) is 0.766. The molecule has 0 bridgehead atoms. The molecule has 0 aliphatic carbocycles. The molecule has 1 N–H and O–H groups in total. The third-order valence-electron chi connectivity index (χ3n) is 1.50. The van der Waals surface area contributed by atoms with Crippen LogP contribution in [0.15, 0.2) is 23.7 Å². The van der Waals surface area contributed by atoms with E-state index in [4.69, 9.17) is 9.84 Å². The SMILES string of the molecule is C=Nc1ccc(OC)nc1C(=C)O. The lowest BCUT2D eigenvalue weighted by atomic mass is 10.2. The Morgan fingerprint density at radius 2 is 2.31 bits per heavy atom. The molecule has 0 spiro atoms. The predicted molar refractivity (Wildman–Crippen MR) is 51.7 cm³/mol. The summed E-state index contributed by atoms with van der Waals surface area (Å²) in [7, 11) is 1.49. The average molecular weight is 178 g/mol. The number of hydrogen-bond acceptors (Lipinski definition) is 4. The molecule has 1 heterocycles. The fraction of sp³-hybridized carbons (Fsp3) is 0.111. The van der Waals surface area contributed by atoms with E-state index in [-0.39, 0.29) is 11.5 Å². The molecule has 0 aliphatic rings. The highest BCUT2D eigenvalue weighted by Gasteiger charge is 2.06. The second-order valence-electron chi connectivity index (χ2n) is 2.33. The number of methoxy groups -OCH3 is 1. The minimum atomic E-state index is -0.152. The highest BCUT2D eigenvalue weighted by atomic mass is 16.5. The lowest BCUT2D eigenvalue weighted by Gasteiger charge is -2.04. The van der Waals surface area contributed by atoms with Crippen molar-refractivity contribution < 1.29 is 9.84 Å². The fourth-order valence-electron chi connectivity index (χ4n) is 0.888. The van der Waals surface area contributed by atoms with Gasteiger partial charge < -0.3 is 9.84 Å². The van der Waals surface area contributed by atoms with E-state index in [1.807, 2.05) is 0 Å². The van der Waals surface area contributed by atoms with E-state index < -0.39 is 0 Å². The van der Waals surface area contributed by atoms with Gasteiger partial charge in [0.1, 0.15) is 11.5 Å². The zero-order valence-electron chi connectivity index (χ0n) is 7.32. The molecule has 4 heteroatoms. The summed E-state index contributed by atoms with van der Waals surface area (Å²) in [5, 5.41) is 9.16. The summed E-state index contributed by atoms with van der Waals surface area (Å²) in [4.78, 5) is 7.63. The van der Waals surface area contributed by atoms with Crippen molar-refractivity contribution in [2.75, 3.05) is 7.11 Å². The van der Waals surface area contributed by atoms with E-state index in [1.165, 1.54) is 7.11 Å². The van der Waals surface area contributed by atoms with E-state index in [0.29, 0.717) is 11.6 Å². The third kappa shape index (κ3) is 1.84. The molecule has 0 saturated carbocycles. The Morgan fingerprint density at radius 1 is 1.62 bits per heavy atom. The van der Waals surface area contributed by atoms with Crippen molar-refractivity contribution in [1.82, 2.24) is 4.98 Å². The monoisotopic (exact) mass is 178 g/mol. The molecule has 0 atom stereocenters. The predicted octanol–water partition coefficient (Wildman–Crippen LogP) is 1.95. The van der Waals surface area contributed by atoms with Crippen LogP contribution in [-0.4, -0.2) is 23.9 Å². The van der Waals surface area contributed by atoms with Gasteiger partial charge in [-0.05, 0) is 12.8 Å². The summed E-state index contributed by atoms with van der Waals surface area (Å²) in [5.74, 6) is 0.249. The molecule has 1 aromatic rings. The molecule has 4 nitrogen and oxygen atoms in total. The first-order valence-corrected chi connectivity index (χ1v) is 3.59. The van der Waals surface area contributed by atoms with Gasteiger partial charge in [0.2, 0.25) is 5.88 Å². The topological polar surface area (TPSA) is 54.7 Å². The number of nitrogens with zero attached hydrogens (tertiary/aromatic N) is 2. The van der Waals surface area contributed by atoms with E-state index in [1.54, 1.807) is 12.1 Å². The van der Waals surface area contributed by atoms with E-state index in [0.717, 1.165) is 0 Å². The second kappa shape index (κ2) is 3.71. The number of rotatable bonds is 3. The molecule has 0 unspecified atom stereocenters. The Hall–Kier alpha value is -1.84. The van der Waals surface area contributed by atoms with Crippen LogP contribution in [0.1, 0.15) is 5.69 Å². The minimum absolute atomic E-state index is 0.152. The number of hydrogen-bond donors (Lipinski definition) is 1. The first-order valence-electron chi connectivity index (χ1n) is 3.59. The Labute approximate surface area is 76.2 Å². The number of pyridine rings is 1. The van der Waals surface area contributed by atoms with Crippen LogP contribution in [0.4, 0.5) is 5.69 Å². The van der Waals surface area contributed by atoms with Crippen molar-refractivity contribution in [3.63, 3.8) is 0 Å². The van der Waals surface area contributed by atoms with E-state index in [9.17, 15) is 0 Å². The normalized spacial score (nSPS) is 9.31. The highest BCUT2D eigenvalue weighted by Crippen LogP contribution is 2.24. The van der Waals surface area contributed by atoms with E-state index >= 15 is 0 Å². The maximum atomic E-state index is 9.16. The molecular weight excluding hydrogens is 168 g/mol. The number of aliphatic hydroxyl groups is 1. The summed E-state index contributed by atoms with van der Waals surface area (Å²) in [6.07, 6.45) is 0. The van der Waals surface area contributed by atoms with Gasteiger partial charge >= 0.3 is 0 Å². The zero-order valence-corrected chi connectivity index (χ0v) is 7.32. The van der Waals surface area contributed by atoms with Crippen LogP contribution in [0, 0.1) is 0 Å². The Kier molecular flexibility index (Phi) is 2.64. The maximum Gasteiger partial charge on any atom is 0.213 e. The fourth-order valence-corrected chi connectivity index (χ4v) is 0.888. The second-order valence-corrected chi connectivity index (χ2v) is 2.33. The van der Waals surface area contributed by atoms with Gasteiger partial charge in [0.05, 0.1) is 12.8 Å². The van der Waals surface area contributed by atoms with Crippen molar-refractivity contribution in [3.8, 4) is 5.88 Å². The minimum Gasteiger partial charge on any atom is -0.506 e. The largest absolute Gasteiger partial charge is 0.506 e. The maximum absolute atomic E-state index is 9.16. The number of aliphatic hydroxyl groups excluding tert-OH is 1. The molecule has 1 rings (SSSR count). The van der Waals surface area contributed by atoms with Crippen molar-refractivity contribution in [2.24, 2.45) is 4.99 Å². The molecule has 0 aromatic carbocycles. The van der Waals surface area contributed by atoms with Crippen LogP contribution < -0.4 is 4.74 Å². The van der Waals surface area contributed by atoms with Gasteiger partial charge in [0.25, 0.3) is 0 Å². The molecule has 0 amide bonds. The van der Waals surface area contributed by atoms with Crippen molar-refractivity contribution in [1.29, 1.82) is 0 Å². The number of ether oxygens (including phenoxy) is 1. The summed E-state index contributed by atoms with van der Waals surface area (Å²) in [6, 6.07) is 3.28. The zero-order chi connectivity index (χ0) is 9.84.